The molecule has 0 aromatic heterocycles. The molecule has 0 spiro atoms. The first-order valence-electron chi connectivity index (χ1n) is 11.6. The lowest BCUT2D eigenvalue weighted by molar-refractivity contribution is 0.0707. The maximum absolute atomic E-state index is 14.1. The van der Waals surface area contributed by atoms with Crippen molar-refractivity contribution in [3.8, 4) is 36.2 Å². The number of carbonyl (C=O) groups is 1. The van der Waals surface area contributed by atoms with Gasteiger partial charge in [-0.3, -0.25) is 0 Å². The van der Waals surface area contributed by atoms with Crippen LogP contribution in [0.4, 0.5) is 13.6 Å². The summed E-state index contributed by atoms with van der Waals surface area (Å²) in [6.45, 7) is 3.39. The molecular formula is C27H28Cl2F2N2O5. The van der Waals surface area contributed by atoms with Gasteiger partial charge in [0, 0.05) is 48.9 Å². The van der Waals surface area contributed by atoms with Crippen LogP contribution in [0.15, 0.2) is 24.3 Å². The number of nitrogens with one attached hydrogen (secondary N) is 1. The quantitative estimate of drug-likeness (QED) is 0.445. The van der Waals surface area contributed by atoms with Gasteiger partial charge in [0.05, 0.1) is 16.7 Å². The van der Waals surface area contributed by atoms with Gasteiger partial charge in [-0.2, -0.15) is 0 Å². The first-order chi connectivity index (χ1) is 18.2. The normalized spacial score (nSPS) is 14.4. The lowest BCUT2D eigenvalue weighted by atomic mass is 10.1. The van der Waals surface area contributed by atoms with Crippen molar-refractivity contribution >= 4 is 29.3 Å². The number of nitrogens with zero attached hydrogens (tertiary/aromatic N) is 1. The lowest BCUT2D eigenvalue weighted by Gasteiger charge is -2.34. The number of piperazine rings is 1. The molecular weight excluding hydrogens is 541 g/mol. The van der Waals surface area contributed by atoms with E-state index < -0.39 is 24.3 Å². The van der Waals surface area contributed by atoms with Gasteiger partial charge in [0.15, 0.2) is 0 Å². The van der Waals surface area contributed by atoms with Gasteiger partial charge in [0.2, 0.25) is 0 Å². The Bertz CT molecular complexity index is 1140. The van der Waals surface area contributed by atoms with E-state index in [0.29, 0.717) is 13.1 Å². The van der Waals surface area contributed by atoms with E-state index >= 15 is 0 Å². The second kappa shape index (κ2) is 15.9. The van der Waals surface area contributed by atoms with Crippen molar-refractivity contribution < 1.29 is 32.9 Å². The number of halogens is 4. The number of benzene rings is 2. The summed E-state index contributed by atoms with van der Waals surface area (Å²) in [5, 5.41) is 12.2. The average molecular weight is 569 g/mol. The Balaban J connectivity index is 0.000000308. The third-order valence-corrected chi connectivity index (χ3v) is 6.10. The molecule has 0 unspecified atom stereocenters. The van der Waals surface area contributed by atoms with E-state index in [-0.39, 0.29) is 58.5 Å². The summed E-state index contributed by atoms with van der Waals surface area (Å²) in [6.07, 6.45) is 10.4. The van der Waals surface area contributed by atoms with Crippen molar-refractivity contribution in [3.05, 3.63) is 57.1 Å². The summed E-state index contributed by atoms with van der Waals surface area (Å²) in [5.41, 5.74) is 0.168. The summed E-state index contributed by atoms with van der Waals surface area (Å²) < 4.78 is 42.7. The zero-order valence-electron chi connectivity index (χ0n) is 20.7. The van der Waals surface area contributed by atoms with Crippen LogP contribution in [0.25, 0.3) is 0 Å². The van der Waals surface area contributed by atoms with Crippen LogP contribution in [0.2, 0.25) is 10.0 Å². The van der Waals surface area contributed by atoms with E-state index in [1.807, 2.05) is 6.92 Å². The molecule has 1 heterocycles. The van der Waals surface area contributed by atoms with E-state index in [1.54, 1.807) is 4.90 Å². The molecule has 1 aliphatic rings. The number of carbonyl (C=O) groups excluding carboxylic acids is 1. The lowest BCUT2D eigenvalue weighted by Crippen LogP contribution is -2.53. The number of rotatable bonds is 8. The second-order valence-corrected chi connectivity index (χ2v) is 8.70. The molecule has 204 valence electrons. The number of hydrogen-bond donors (Lipinski definition) is 2. The van der Waals surface area contributed by atoms with Crippen LogP contribution in [-0.4, -0.2) is 55.0 Å². The van der Waals surface area contributed by atoms with Gasteiger partial charge in [-0.1, -0.05) is 42.0 Å². The Hall–Kier alpha value is -3.21. The third kappa shape index (κ3) is 8.97. The first-order valence-corrected chi connectivity index (χ1v) is 12.3. The topological polar surface area (TPSA) is 80.3 Å². The Morgan fingerprint density at radius 1 is 1.08 bits per heavy atom. The number of aliphatic hydroxyl groups excluding tert-OH is 1. The minimum atomic E-state index is -0.605. The molecule has 2 aromatic carbocycles. The highest BCUT2D eigenvalue weighted by atomic mass is 35.5. The first kappa shape index (κ1) is 31.0. The summed E-state index contributed by atoms with van der Waals surface area (Å²) in [5.74, 6) is 3.82. The Kier molecular flexibility index (Phi) is 13.0. The van der Waals surface area contributed by atoms with Crippen LogP contribution in [-0.2, 0) is 18.0 Å². The van der Waals surface area contributed by atoms with Gasteiger partial charge in [-0.15, -0.1) is 12.8 Å². The van der Waals surface area contributed by atoms with E-state index in [0.717, 1.165) is 19.0 Å². The number of aliphatic hydroxyl groups is 1. The molecule has 1 aliphatic heterocycles. The zero-order valence-corrected chi connectivity index (χ0v) is 22.2. The monoisotopic (exact) mass is 568 g/mol. The van der Waals surface area contributed by atoms with Gasteiger partial charge in [-0.25, -0.2) is 13.6 Å². The minimum absolute atomic E-state index is 0.0193. The number of terminal acetylenes is 2. The van der Waals surface area contributed by atoms with Crippen molar-refractivity contribution in [2.24, 2.45) is 0 Å². The van der Waals surface area contributed by atoms with Crippen LogP contribution in [0.3, 0.4) is 0 Å². The zero-order chi connectivity index (χ0) is 28.1. The number of amides is 1. The largest absolute Gasteiger partial charge is 0.481 e. The van der Waals surface area contributed by atoms with E-state index in [1.165, 1.54) is 18.2 Å². The van der Waals surface area contributed by atoms with Crippen LogP contribution < -0.4 is 14.8 Å². The Morgan fingerprint density at radius 3 is 2.11 bits per heavy atom. The van der Waals surface area contributed by atoms with Crippen molar-refractivity contribution in [1.82, 2.24) is 10.2 Å². The molecule has 7 nitrogen and oxygen atoms in total. The molecule has 0 saturated carbocycles. The Morgan fingerprint density at radius 2 is 1.63 bits per heavy atom. The van der Waals surface area contributed by atoms with Crippen LogP contribution >= 0.6 is 23.2 Å². The van der Waals surface area contributed by atoms with Gasteiger partial charge in [-0.05, 0) is 18.6 Å². The summed E-state index contributed by atoms with van der Waals surface area (Å²) in [7, 11) is 0. The van der Waals surface area contributed by atoms with Crippen molar-refractivity contribution in [1.29, 1.82) is 0 Å². The van der Waals surface area contributed by atoms with E-state index in [9.17, 15) is 13.6 Å². The van der Waals surface area contributed by atoms with E-state index in [2.05, 4.69) is 17.2 Å². The number of ether oxygens (including phenoxy) is 3. The molecule has 1 atom stereocenters. The van der Waals surface area contributed by atoms with Crippen LogP contribution in [0.5, 0.6) is 11.5 Å². The third-order valence-electron chi connectivity index (χ3n) is 5.43. The molecule has 1 fully saturated rings. The minimum Gasteiger partial charge on any atom is -0.481 e. The van der Waals surface area contributed by atoms with Gasteiger partial charge < -0.3 is 29.5 Å². The van der Waals surface area contributed by atoms with Crippen molar-refractivity contribution in [2.75, 3.05) is 32.8 Å². The summed E-state index contributed by atoms with van der Waals surface area (Å²) >= 11 is 11.7. The molecule has 2 aromatic rings. The smallest absolute Gasteiger partial charge is 0.410 e. The van der Waals surface area contributed by atoms with Crippen LogP contribution in [0, 0.1) is 36.3 Å². The Labute approximate surface area is 231 Å². The highest BCUT2D eigenvalue weighted by Gasteiger charge is 2.26. The molecule has 2 N–H and O–H groups in total. The molecule has 38 heavy (non-hydrogen) atoms. The highest BCUT2D eigenvalue weighted by molar-refractivity contribution is 6.31. The fraction of sp³-hybridized carbons (Fsp3) is 0.370. The molecule has 11 heteroatoms. The van der Waals surface area contributed by atoms with Gasteiger partial charge in [0.25, 0.3) is 0 Å². The molecule has 0 radical (unpaired) electrons. The van der Waals surface area contributed by atoms with E-state index in [4.69, 9.17) is 55.4 Å². The fourth-order valence-electron chi connectivity index (χ4n) is 3.45. The fourth-order valence-corrected chi connectivity index (χ4v) is 3.96. The second-order valence-electron chi connectivity index (χ2n) is 7.89. The summed E-state index contributed by atoms with van der Waals surface area (Å²) in [4.78, 5) is 13.9. The summed E-state index contributed by atoms with van der Waals surface area (Å²) in [6, 6.07) is 5.24. The standard InChI is InChI=1S/C17H20ClFN2O3.C10H8ClFO2/c1-3-7-23-13-8-15(18)14(16(19)9-13)11-24-17(22)21-6-5-20-10-12(21)4-2;1-2-3-14-7-4-9(11)8(6-13)10(12)5-7/h1,8-9,12,20H,4-7,10-11H2,2H3;1,4-5,13H,3,6H2/t12-;/m1./s1. The SMILES string of the molecule is C#CCOc1cc(F)c(CO)c(Cl)c1.C#CCOc1cc(F)c(COC(=O)N2CCNC[C@H]2CC)c(Cl)c1. The van der Waals surface area contributed by atoms with Crippen LogP contribution in [0.1, 0.15) is 24.5 Å². The molecule has 1 saturated heterocycles. The molecule has 0 bridgehead atoms. The predicted molar refractivity (Wildman–Crippen MR) is 141 cm³/mol. The predicted octanol–water partition coefficient (Wildman–Crippen LogP) is 4.79. The highest BCUT2D eigenvalue weighted by Crippen LogP contribution is 2.27. The molecule has 3 rings (SSSR count). The maximum atomic E-state index is 14.1. The molecule has 0 aliphatic carbocycles. The maximum Gasteiger partial charge on any atom is 0.410 e. The number of hydrogen-bond acceptors (Lipinski definition) is 6. The van der Waals surface area contributed by atoms with Crippen molar-refractivity contribution in [3.63, 3.8) is 0 Å². The average Bonchev–Trinajstić information content (AvgIpc) is 2.90. The van der Waals surface area contributed by atoms with Gasteiger partial charge >= 0.3 is 6.09 Å². The van der Waals surface area contributed by atoms with Gasteiger partial charge in [0.1, 0.15) is 43.0 Å². The molecule has 1 amide bonds. The van der Waals surface area contributed by atoms with Crippen molar-refractivity contribution in [2.45, 2.75) is 32.6 Å².